The number of benzene rings is 3. The average Bonchev–Trinajstić information content (AvgIpc) is 3.15. The summed E-state index contributed by atoms with van der Waals surface area (Å²) < 4.78 is 10.5. The SMILES string of the molecule is COc1ccc(CNC(=O)CN2C(=O)NC(c3ccccc3)(c3ccc(C)c(C)c3)C2=O)cc1OC. The van der Waals surface area contributed by atoms with Crippen LogP contribution in [-0.4, -0.2) is 43.5 Å². The maximum atomic E-state index is 13.8. The van der Waals surface area contributed by atoms with Gasteiger partial charge in [0.15, 0.2) is 17.0 Å². The van der Waals surface area contributed by atoms with E-state index in [0.717, 1.165) is 21.6 Å². The fourth-order valence-corrected chi connectivity index (χ4v) is 4.33. The summed E-state index contributed by atoms with van der Waals surface area (Å²) in [5.74, 6) is 0.162. The number of imide groups is 1. The minimum atomic E-state index is -1.42. The predicted molar refractivity (Wildman–Crippen MR) is 135 cm³/mol. The van der Waals surface area contributed by atoms with Gasteiger partial charge < -0.3 is 20.1 Å². The smallest absolute Gasteiger partial charge is 0.326 e. The van der Waals surface area contributed by atoms with E-state index in [1.54, 1.807) is 37.4 Å². The van der Waals surface area contributed by atoms with Crippen LogP contribution in [0.4, 0.5) is 4.79 Å². The molecule has 3 aromatic carbocycles. The largest absolute Gasteiger partial charge is 0.493 e. The number of nitrogens with zero attached hydrogens (tertiary/aromatic N) is 1. The fourth-order valence-electron chi connectivity index (χ4n) is 4.33. The van der Waals surface area contributed by atoms with Crippen molar-refractivity contribution in [1.29, 1.82) is 0 Å². The number of ether oxygens (including phenoxy) is 2. The van der Waals surface area contributed by atoms with Gasteiger partial charge in [-0.2, -0.15) is 0 Å². The van der Waals surface area contributed by atoms with Gasteiger partial charge in [-0.1, -0.05) is 54.6 Å². The second-order valence-electron chi connectivity index (χ2n) is 8.70. The molecule has 3 aromatic rings. The predicted octanol–water partition coefficient (Wildman–Crippen LogP) is 3.43. The second-order valence-corrected chi connectivity index (χ2v) is 8.70. The first-order valence-electron chi connectivity index (χ1n) is 11.5. The molecule has 1 fully saturated rings. The summed E-state index contributed by atoms with van der Waals surface area (Å²) in [4.78, 5) is 40.6. The molecular formula is C28H29N3O5. The van der Waals surface area contributed by atoms with E-state index in [-0.39, 0.29) is 6.54 Å². The van der Waals surface area contributed by atoms with E-state index in [4.69, 9.17) is 9.47 Å². The van der Waals surface area contributed by atoms with E-state index in [9.17, 15) is 14.4 Å². The van der Waals surface area contributed by atoms with Gasteiger partial charge in [-0.3, -0.25) is 14.5 Å². The lowest BCUT2D eigenvalue weighted by Gasteiger charge is -2.28. The Hall–Kier alpha value is -4.33. The Bertz CT molecular complexity index is 1310. The van der Waals surface area contributed by atoms with Crippen LogP contribution < -0.4 is 20.1 Å². The summed E-state index contributed by atoms with van der Waals surface area (Å²) in [5, 5.41) is 5.65. The van der Waals surface area contributed by atoms with Gasteiger partial charge in [0, 0.05) is 6.54 Å². The first kappa shape index (κ1) is 24.8. The topological polar surface area (TPSA) is 97.0 Å². The third kappa shape index (κ3) is 4.49. The Balaban J connectivity index is 1.56. The maximum absolute atomic E-state index is 13.8. The molecule has 8 heteroatoms. The van der Waals surface area contributed by atoms with E-state index in [1.165, 1.54) is 7.11 Å². The van der Waals surface area contributed by atoms with Gasteiger partial charge in [0.25, 0.3) is 5.91 Å². The van der Waals surface area contributed by atoms with Crippen molar-refractivity contribution in [3.63, 3.8) is 0 Å². The van der Waals surface area contributed by atoms with E-state index in [2.05, 4.69) is 10.6 Å². The van der Waals surface area contributed by atoms with Crippen LogP contribution in [0.3, 0.4) is 0 Å². The number of hydrogen-bond acceptors (Lipinski definition) is 5. The maximum Gasteiger partial charge on any atom is 0.326 e. The summed E-state index contributed by atoms with van der Waals surface area (Å²) in [6.07, 6.45) is 0. The van der Waals surface area contributed by atoms with Crippen LogP contribution in [0.5, 0.6) is 11.5 Å². The monoisotopic (exact) mass is 487 g/mol. The van der Waals surface area contributed by atoms with Crippen LogP contribution in [0, 0.1) is 13.8 Å². The number of hydrogen-bond donors (Lipinski definition) is 2. The second kappa shape index (κ2) is 10.1. The Morgan fingerprint density at radius 3 is 2.28 bits per heavy atom. The number of amides is 4. The van der Waals surface area contributed by atoms with E-state index in [0.29, 0.717) is 22.6 Å². The number of carbonyl (C=O) groups excluding carboxylic acids is 3. The zero-order valence-corrected chi connectivity index (χ0v) is 20.8. The molecule has 1 aliphatic heterocycles. The van der Waals surface area contributed by atoms with Crippen LogP contribution in [-0.2, 0) is 21.7 Å². The van der Waals surface area contributed by atoms with Gasteiger partial charge in [-0.05, 0) is 53.8 Å². The molecule has 36 heavy (non-hydrogen) atoms. The molecular weight excluding hydrogens is 458 g/mol. The standard InChI is InChI=1S/C28H29N3O5/c1-18-10-12-22(14-19(18)2)28(21-8-6-5-7-9-21)26(33)31(27(34)30-28)17-25(32)29-16-20-11-13-23(35-3)24(15-20)36-4/h5-15H,16-17H2,1-4H3,(H,29,32)(H,30,34). The highest BCUT2D eigenvalue weighted by Gasteiger charge is 2.54. The summed E-state index contributed by atoms with van der Waals surface area (Å²) in [5.41, 5.74) is 2.71. The van der Waals surface area contributed by atoms with E-state index >= 15 is 0 Å². The van der Waals surface area contributed by atoms with Crippen molar-refractivity contribution in [2.75, 3.05) is 20.8 Å². The third-order valence-corrected chi connectivity index (χ3v) is 6.49. The molecule has 8 nitrogen and oxygen atoms in total. The van der Waals surface area contributed by atoms with Gasteiger partial charge in [0.05, 0.1) is 14.2 Å². The minimum absolute atomic E-state index is 0.198. The van der Waals surface area contributed by atoms with Crippen LogP contribution in [0.25, 0.3) is 0 Å². The number of rotatable bonds is 8. The van der Waals surface area contributed by atoms with Crippen molar-refractivity contribution in [1.82, 2.24) is 15.5 Å². The molecule has 1 saturated heterocycles. The number of aryl methyl sites for hydroxylation is 2. The lowest BCUT2D eigenvalue weighted by atomic mass is 9.81. The summed E-state index contributed by atoms with van der Waals surface area (Å²) in [6, 6.07) is 19.4. The number of carbonyl (C=O) groups is 3. The molecule has 4 rings (SSSR count). The van der Waals surface area contributed by atoms with Crippen molar-refractivity contribution < 1.29 is 23.9 Å². The third-order valence-electron chi connectivity index (χ3n) is 6.49. The van der Waals surface area contributed by atoms with Crippen LogP contribution in [0.2, 0.25) is 0 Å². The van der Waals surface area contributed by atoms with Crippen LogP contribution >= 0.6 is 0 Å². The van der Waals surface area contributed by atoms with Gasteiger partial charge in [-0.25, -0.2) is 4.79 Å². The number of nitrogens with one attached hydrogen (secondary N) is 2. The highest BCUT2D eigenvalue weighted by atomic mass is 16.5. The first-order chi connectivity index (χ1) is 17.3. The fraction of sp³-hybridized carbons (Fsp3) is 0.250. The molecule has 1 heterocycles. The lowest BCUT2D eigenvalue weighted by molar-refractivity contribution is -0.134. The van der Waals surface area contributed by atoms with Crippen molar-refractivity contribution in [2.45, 2.75) is 25.9 Å². The first-order valence-corrected chi connectivity index (χ1v) is 11.5. The average molecular weight is 488 g/mol. The molecule has 0 radical (unpaired) electrons. The summed E-state index contributed by atoms with van der Waals surface area (Å²) in [6.45, 7) is 3.73. The van der Waals surface area contributed by atoms with Crippen molar-refractivity contribution in [3.05, 3.63) is 94.5 Å². The Labute approximate surface area is 210 Å². The summed E-state index contributed by atoms with van der Waals surface area (Å²) in [7, 11) is 3.08. The quantitative estimate of drug-likeness (QED) is 0.475. The number of urea groups is 1. The Morgan fingerprint density at radius 1 is 0.889 bits per heavy atom. The van der Waals surface area contributed by atoms with E-state index in [1.807, 2.05) is 50.2 Å². The zero-order chi connectivity index (χ0) is 25.9. The number of methoxy groups -OCH3 is 2. The normalized spacial score (nSPS) is 17.1. The lowest BCUT2D eigenvalue weighted by Crippen LogP contribution is -2.46. The molecule has 1 unspecified atom stereocenters. The van der Waals surface area contributed by atoms with Gasteiger partial charge in [-0.15, -0.1) is 0 Å². The van der Waals surface area contributed by atoms with Crippen molar-refractivity contribution in [2.24, 2.45) is 0 Å². The van der Waals surface area contributed by atoms with Crippen molar-refractivity contribution >= 4 is 17.8 Å². The molecule has 0 aliphatic carbocycles. The minimum Gasteiger partial charge on any atom is -0.493 e. The van der Waals surface area contributed by atoms with Gasteiger partial charge in [0.1, 0.15) is 6.54 Å². The molecule has 0 bridgehead atoms. The highest BCUT2D eigenvalue weighted by Crippen LogP contribution is 2.36. The van der Waals surface area contributed by atoms with Crippen LogP contribution in [0.1, 0.15) is 27.8 Å². The molecule has 4 amide bonds. The highest BCUT2D eigenvalue weighted by molar-refractivity contribution is 6.11. The molecule has 2 N–H and O–H groups in total. The van der Waals surface area contributed by atoms with E-state index < -0.39 is 29.9 Å². The van der Waals surface area contributed by atoms with Gasteiger partial charge >= 0.3 is 6.03 Å². The van der Waals surface area contributed by atoms with Crippen LogP contribution in [0.15, 0.2) is 66.7 Å². The zero-order valence-electron chi connectivity index (χ0n) is 20.8. The van der Waals surface area contributed by atoms with Crippen molar-refractivity contribution in [3.8, 4) is 11.5 Å². The molecule has 0 saturated carbocycles. The molecule has 186 valence electrons. The van der Waals surface area contributed by atoms with Gasteiger partial charge in [0.2, 0.25) is 5.91 Å². The Kier molecular flexibility index (Phi) is 6.96. The molecule has 1 aliphatic rings. The molecule has 1 atom stereocenters. The Morgan fingerprint density at radius 2 is 1.61 bits per heavy atom. The summed E-state index contributed by atoms with van der Waals surface area (Å²) >= 11 is 0. The molecule has 0 aromatic heterocycles. The molecule has 0 spiro atoms.